The molecule has 0 saturated carbocycles. The first-order valence-corrected chi connectivity index (χ1v) is 7.61. The third kappa shape index (κ3) is 2.12. The number of fused-ring (bicyclic) bond motifs is 4. The summed E-state index contributed by atoms with van der Waals surface area (Å²) in [5.41, 5.74) is 3.22. The van der Waals surface area contributed by atoms with Gasteiger partial charge in [0.15, 0.2) is 5.78 Å². The van der Waals surface area contributed by atoms with E-state index in [1.165, 1.54) is 5.70 Å². The SMILES string of the molecule is O=C1CN2CCC1C/C2=C\c1ccnc2c(Cl)cccc12. The van der Waals surface area contributed by atoms with Gasteiger partial charge in [-0.3, -0.25) is 9.78 Å². The molecular weight excluding hydrogens is 284 g/mol. The molecule has 106 valence electrons. The van der Waals surface area contributed by atoms with Crippen molar-refractivity contribution in [2.45, 2.75) is 12.8 Å². The van der Waals surface area contributed by atoms with Crippen molar-refractivity contribution < 1.29 is 4.79 Å². The lowest BCUT2D eigenvalue weighted by molar-refractivity contribution is -0.128. The number of hydrogen-bond acceptors (Lipinski definition) is 3. The van der Waals surface area contributed by atoms with Gasteiger partial charge in [-0.2, -0.15) is 0 Å². The van der Waals surface area contributed by atoms with Crippen LogP contribution in [0.4, 0.5) is 0 Å². The Hall–Kier alpha value is -1.87. The van der Waals surface area contributed by atoms with Crippen LogP contribution < -0.4 is 0 Å². The lowest BCUT2D eigenvalue weighted by Crippen LogP contribution is -2.46. The standard InChI is InChI=1S/C17H15ClN2O/c18-15-3-1-2-14-11(4-6-19-17(14)15)8-13-9-12-5-7-20(13)10-16(12)21/h1-4,6,8,12H,5,7,9-10H2/b13-8+. The molecule has 21 heavy (non-hydrogen) atoms. The fourth-order valence-corrected chi connectivity index (χ4v) is 3.55. The molecule has 1 aromatic carbocycles. The zero-order chi connectivity index (χ0) is 14.4. The van der Waals surface area contributed by atoms with Crippen LogP contribution in [0.1, 0.15) is 18.4 Å². The van der Waals surface area contributed by atoms with E-state index in [2.05, 4.69) is 16.0 Å². The molecule has 2 bridgehead atoms. The van der Waals surface area contributed by atoms with Crippen LogP contribution in [0, 0.1) is 5.92 Å². The fraction of sp³-hybridized carbons (Fsp3) is 0.294. The first-order chi connectivity index (χ1) is 10.2. The van der Waals surface area contributed by atoms with Crippen molar-refractivity contribution in [2.75, 3.05) is 13.1 Å². The van der Waals surface area contributed by atoms with E-state index in [0.717, 1.165) is 35.9 Å². The highest BCUT2D eigenvalue weighted by molar-refractivity contribution is 6.35. The molecule has 3 aliphatic heterocycles. The molecule has 3 saturated heterocycles. The Kier molecular flexibility index (Phi) is 2.96. The molecule has 4 heterocycles. The number of Topliss-reactive ketones (excluding diaryl/α,β-unsaturated/α-hetero) is 1. The summed E-state index contributed by atoms with van der Waals surface area (Å²) in [6, 6.07) is 7.86. The molecule has 1 unspecified atom stereocenters. The second-order valence-electron chi connectivity index (χ2n) is 5.75. The molecule has 4 heteroatoms. The van der Waals surface area contributed by atoms with Gasteiger partial charge in [-0.1, -0.05) is 23.7 Å². The van der Waals surface area contributed by atoms with Crippen LogP contribution in [0.15, 0.2) is 36.2 Å². The molecule has 5 rings (SSSR count). The number of ketones is 1. The van der Waals surface area contributed by atoms with Gasteiger partial charge in [-0.05, 0) is 36.6 Å². The number of carbonyl (C=O) groups excluding carboxylic acids is 1. The molecule has 2 aromatic rings. The third-order valence-electron chi connectivity index (χ3n) is 4.49. The maximum atomic E-state index is 11.8. The number of piperidine rings is 3. The number of halogens is 1. The molecular formula is C17H15ClN2O. The van der Waals surface area contributed by atoms with Crippen LogP contribution in [0.2, 0.25) is 5.02 Å². The largest absolute Gasteiger partial charge is 0.367 e. The summed E-state index contributed by atoms with van der Waals surface area (Å²) in [6.45, 7) is 1.56. The Morgan fingerprint density at radius 1 is 1.33 bits per heavy atom. The number of aromatic nitrogens is 1. The first kappa shape index (κ1) is 12.8. The van der Waals surface area contributed by atoms with Crippen molar-refractivity contribution in [2.24, 2.45) is 5.92 Å². The van der Waals surface area contributed by atoms with Gasteiger partial charge in [0.05, 0.1) is 17.1 Å². The van der Waals surface area contributed by atoms with Crippen LogP contribution >= 0.6 is 11.6 Å². The summed E-state index contributed by atoms with van der Waals surface area (Å²) in [4.78, 5) is 18.4. The molecule has 0 spiro atoms. The number of pyridine rings is 1. The first-order valence-electron chi connectivity index (χ1n) is 7.24. The van der Waals surface area contributed by atoms with Crippen molar-refractivity contribution in [3.05, 3.63) is 46.7 Å². The summed E-state index contributed by atoms with van der Waals surface area (Å²) in [6.07, 6.45) is 5.85. The molecule has 1 atom stereocenters. The highest BCUT2D eigenvalue weighted by Gasteiger charge is 2.35. The number of carbonyl (C=O) groups is 1. The van der Waals surface area contributed by atoms with Crippen molar-refractivity contribution in [3.63, 3.8) is 0 Å². The number of hydrogen-bond donors (Lipinski definition) is 0. The third-order valence-corrected chi connectivity index (χ3v) is 4.79. The van der Waals surface area contributed by atoms with E-state index in [9.17, 15) is 4.79 Å². The van der Waals surface area contributed by atoms with Gasteiger partial charge in [0.25, 0.3) is 0 Å². The topological polar surface area (TPSA) is 33.2 Å². The molecule has 0 N–H and O–H groups in total. The van der Waals surface area contributed by atoms with E-state index >= 15 is 0 Å². The molecule has 3 nitrogen and oxygen atoms in total. The second-order valence-corrected chi connectivity index (χ2v) is 6.16. The Morgan fingerprint density at radius 3 is 3.00 bits per heavy atom. The molecule has 0 radical (unpaired) electrons. The molecule has 3 aliphatic rings. The Balaban J connectivity index is 1.80. The maximum Gasteiger partial charge on any atom is 0.155 e. The van der Waals surface area contributed by atoms with Gasteiger partial charge in [0.2, 0.25) is 0 Å². The maximum absolute atomic E-state index is 11.8. The zero-order valence-electron chi connectivity index (χ0n) is 11.6. The van der Waals surface area contributed by atoms with Crippen LogP contribution in [-0.2, 0) is 4.79 Å². The molecule has 3 fully saturated rings. The monoisotopic (exact) mass is 298 g/mol. The van der Waals surface area contributed by atoms with Crippen molar-refractivity contribution >= 4 is 34.4 Å². The summed E-state index contributed by atoms with van der Waals surface area (Å²) in [5, 5.41) is 1.74. The highest BCUT2D eigenvalue weighted by atomic mass is 35.5. The van der Waals surface area contributed by atoms with E-state index in [4.69, 9.17) is 11.6 Å². The lowest BCUT2D eigenvalue weighted by atomic mass is 9.84. The van der Waals surface area contributed by atoms with Crippen molar-refractivity contribution in [3.8, 4) is 0 Å². The van der Waals surface area contributed by atoms with E-state index < -0.39 is 0 Å². The summed E-state index contributed by atoms with van der Waals surface area (Å²) in [7, 11) is 0. The van der Waals surface area contributed by atoms with Crippen LogP contribution in [-0.4, -0.2) is 28.8 Å². The van der Waals surface area contributed by atoms with Crippen LogP contribution in [0.25, 0.3) is 17.0 Å². The van der Waals surface area contributed by atoms with E-state index in [1.54, 1.807) is 6.20 Å². The number of nitrogens with zero attached hydrogens (tertiary/aromatic N) is 2. The highest BCUT2D eigenvalue weighted by Crippen LogP contribution is 2.34. The summed E-state index contributed by atoms with van der Waals surface area (Å²) < 4.78 is 0. The summed E-state index contributed by atoms with van der Waals surface area (Å²) in [5.74, 6) is 0.610. The number of rotatable bonds is 1. The van der Waals surface area contributed by atoms with Gasteiger partial charge in [0, 0.05) is 29.7 Å². The van der Waals surface area contributed by atoms with Gasteiger partial charge in [0.1, 0.15) is 0 Å². The number of para-hydroxylation sites is 1. The smallest absolute Gasteiger partial charge is 0.155 e. The normalized spacial score (nSPS) is 23.3. The molecule has 1 aromatic heterocycles. The van der Waals surface area contributed by atoms with Gasteiger partial charge >= 0.3 is 0 Å². The van der Waals surface area contributed by atoms with Crippen molar-refractivity contribution in [1.29, 1.82) is 0 Å². The Bertz CT molecular complexity index is 768. The van der Waals surface area contributed by atoms with Gasteiger partial charge < -0.3 is 4.90 Å². The summed E-state index contributed by atoms with van der Waals surface area (Å²) >= 11 is 6.22. The Morgan fingerprint density at radius 2 is 2.24 bits per heavy atom. The van der Waals surface area contributed by atoms with Crippen LogP contribution in [0.5, 0.6) is 0 Å². The average molecular weight is 299 g/mol. The van der Waals surface area contributed by atoms with Gasteiger partial charge in [-0.15, -0.1) is 0 Å². The van der Waals surface area contributed by atoms with E-state index in [1.807, 2.05) is 24.3 Å². The van der Waals surface area contributed by atoms with E-state index in [0.29, 0.717) is 17.4 Å². The van der Waals surface area contributed by atoms with Crippen LogP contribution in [0.3, 0.4) is 0 Å². The minimum atomic E-state index is 0.220. The second kappa shape index (κ2) is 4.85. The van der Waals surface area contributed by atoms with Crippen molar-refractivity contribution in [1.82, 2.24) is 9.88 Å². The fourth-order valence-electron chi connectivity index (χ4n) is 3.33. The number of benzene rings is 1. The minimum absolute atomic E-state index is 0.220. The quantitative estimate of drug-likeness (QED) is 0.807. The van der Waals surface area contributed by atoms with Gasteiger partial charge in [-0.25, -0.2) is 0 Å². The molecule has 0 amide bonds. The zero-order valence-corrected chi connectivity index (χ0v) is 12.3. The minimum Gasteiger partial charge on any atom is -0.367 e. The lowest BCUT2D eigenvalue weighted by Gasteiger charge is -2.41. The van der Waals surface area contributed by atoms with E-state index in [-0.39, 0.29) is 5.92 Å². The average Bonchev–Trinajstić information content (AvgIpc) is 2.50. The predicted molar refractivity (Wildman–Crippen MR) is 84.0 cm³/mol. The Labute approximate surface area is 128 Å². The number of allylic oxidation sites excluding steroid dienone is 1. The molecule has 0 aliphatic carbocycles. The predicted octanol–water partition coefficient (Wildman–Crippen LogP) is 3.52.